The highest BCUT2D eigenvalue weighted by Crippen LogP contribution is 2.31. The maximum atomic E-state index is 12.5. The minimum Gasteiger partial charge on any atom is -0.373 e. The molecule has 0 aliphatic heterocycles. The number of hydrogen-bond donors (Lipinski definition) is 1. The Morgan fingerprint density at radius 2 is 2.12 bits per heavy atom. The summed E-state index contributed by atoms with van der Waals surface area (Å²) in [5.41, 5.74) is -0.210. The molecule has 0 saturated heterocycles. The molecular formula is C11H13F3N2O. The molecule has 0 heterocycles. The van der Waals surface area contributed by atoms with E-state index < -0.39 is 11.7 Å². The summed E-state index contributed by atoms with van der Waals surface area (Å²) in [5, 5.41) is 2.45. The topological polar surface area (TPSA) is 32.3 Å². The van der Waals surface area contributed by atoms with Gasteiger partial charge in [0.25, 0.3) is 0 Å². The smallest absolute Gasteiger partial charge is 0.373 e. The van der Waals surface area contributed by atoms with E-state index in [1.165, 1.54) is 6.07 Å². The van der Waals surface area contributed by atoms with Crippen LogP contribution < -0.4 is 10.2 Å². The highest BCUT2D eigenvalue weighted by atomic mass is 19.4. The quantitative estimate of drug-likeness (QED) is 0.635. The van der Waals surface area contributed by atoms with Gasteiger partial charge in [-0.1, -0.05) is 6.07 Å². The molecular weight excluding hydrogens is 233 g/mol. The molecule has 0 spiro atoms. The van der Waals surface area contributed by atoms with Crippen molar-refractivity contribution < 1.29 is 18.0 Å². The number of rotatable bonds is 5. The van der Waals surface area contributed by atoms with E-state index in [9.17, 15) is 18.0 Å². The van der Waals surface area contributed by atoms with E-state index in [0.717, 1.165) is 12.1 Å². The molecule has 94 valence electrons. The van der Waals surface area contributed by atoms with E-state index in [4.69, 9.17) is 0 Å². The van der Waals surface area contributed by atoms with Gasteiger partial charge in [0.05, 0.1) is 5.56 Å². The Balaban J connectivity index is 2.74. The Labute approximate surface area is 97.2 Å². The number of likely N-dealkylation sites (N-methyl/N-ethyl adjacent to an activating group) is 1. The standard InChI is InChI=1S/C11H13F3N2O/c1-16(6-5-15-8-17)10-4-2-3-9(7-10)11(12,13)14/h2-4,7-8H,5-6H2,1H3,(H,15,17). The van der Waals surface area contributed by atoms with Gasteiger partial charge in [0.1, 0.15) is 0 Å². The summed E-state index contributed by atoms with van der Waals surface area (Å²) in [5.74, 6) is 0. The number of benzene rings is 1. The van der Waals surface area contributed by atoms with Gasteiger partial charge in [0, 0.05) is 25.8 Å². The molecule has 0 aliphatic rings. The summed E-state index contributed by atoms with van der Waals surface area (Å²) in [4.78, 5) is 11.7. The van der Waals surface area contributed by atoms with Crippen molar-refractivity contribution in [2.24, 2.45) is 0 Å². The molecule has 0 saturated carbocycles. The maximum absolute atomic E-state index is 12.5. The lowest BCUT2D eigenvalue weighted by atomic mass is 10.2. The first kappa shape index (κ1) is 13.3. The number of anilines is 1. The molecule has 1 aromatic carbocycles. The van der Waals surface area contributed by atoms with Crippen molar-refractivity contribution in [3.63, 3.8) is 0 Å². The van der Waals surface area contributed by atoms with Crippen LogP contribution in [0.25, 0.3) is 0 Å². The first-order valence-corrected chi connectivity index (χ1v) is 5.00. The second-order valence-corrected chi connectivity index (χ2v) is 3.54. The largest absolute Gasteiger partial charge is 0.416 e. The molecule has 1 rings (SSSR count). The average Bonchev–Trinajstić information content (AvgIpc) is 2.28. The van der Waals surface area contributed by atoms with Crippen LogP contribution >= 0.6 is 0 Å². The molecule has 1 N–H and O–H groups in total. The second kappa shape index (κ2) is 5.56. The van der Waals surface area contributed by atoms with Crippen LogP contribution in [0.5, 0.6) is 0 Å². The lowest BCUT2D eigenvalue weighted by Gasteiger charge is -2.20. The van der Waals surface area contributed by atoms with Crippen molar-refractivity contribution in [3.8, 4) is 0 Å². The van der Waals surface area contributed by atoms with Crippen molar-refractivity contribution in [1.82, 2.24) is 5.32 Å². The first-order valence-electron chi connectivity index (χ1n) is 5.00. The monoisotopic (exact) mass is 246 g/mol. The van der Waals surface area contributed by atoms with Crippen molar-refractivity contribution in [2.45, 2.75) is 6.18 Å². The number of hydrogen-bond acceptors (Lipinski definition) is 2. The highest BCUT2D eigenvalue weighted by Gasteiger charge is 2.30. The summed E-state index contributed by atoms with van der Waals surface area (Å²) in [6.07, 6.45) is -3.78. The molecule has 0 atom stereocenters. The normalized spacial score (nSPS) is 11.1. The number of alkyl halides is 3. The van der Waals surface area contributed by atoms with E-state index >= 15 is 0 Å². The molecule has 0 bridgehead atoms. The third-order valence-electron chi connectivity index (χ3n) is 2.29. The van der Waals surface area contributed by atoms with Crippen LogP contribution in [-0.2, 0) is 11.0 Å². The fraction of sp³-hybridized carbons (Fsp3) is 0.364. The zero-order chi connectivity index (χ0) is 12.9. The lowest BCUT2D eigenvalue weighted by Crippen LogP contribution is -2.28. The Morgan fingerprint density at radius 3 is 2.71 bits per heavy atom. The number of halogens is 3. The Morgan fingerprint density at radius 1 is 1.41 bits per heavy atom. The summed E-state index contributed by atoms with van der Waals surface area (Å²) < 4.78 is 37.4. The molecule has 6 heteroatoms. The van der Waals surface area contributed by atoms with Crippen LogP contribution in [-0.4, -0.2) is 26.5 Å². The second-order valence-electron chi connectivity index (χ2n) is 3.54. The van der Waals surface area contributed by atoms with Gasteiger partial charge in [0.2, 0.25) is 6.41 Å². The molecule has 17 heavy (non-hydrogen) atoms. The molecule has 1 aromatic rings. The van der Waals surface area contributed by atoms with E-state index in [2.05, 4.69) is 5.32 Å². The molecule has 1 amide bonds. The Kier molecular flexibility index (Phi) is 4.37. The lowest BCUT2D eigenvalue weighted by molar-refractivity contribution is -0.137. The number of amides is 1. The molecule has 0 unspecified atom stereocenters. The highest BCUT2D eigenvalue weighted by molar-refractivity contribution is 5.49. The van der Waals surface area contributed by atoms with Crippen LogP contribution in [0.1, 0.15) is 5.56 Å². The van der Waals surface area contributed by atoms with Crippen molar-refractivity contribution in [2.75, 3.05) is 25.0 Å². The minimum absolute atomic E-state index is 0.385. The van der Waals surface area contributed by atoms with Crippen LogP contribution in [0.3, 0.4) is 0 Å². The van der Waals surface area contributed by atoms with Gasteiger partial charge >= 0.3 is 6.18 Å². The fourth-order valence-corrected chi connectivity index (χ4v) is 1.34. The van der Waals surface area contributed by atoms with Crippen LogP contribution in [0.15, 0.2) is 24.3 Å². The van der Waals surface area contributed by atoms with Crippen LogP contribution in [0.2, 0.25) is 0 Å². The van der Waals surface area contributed by atoms with Gasteiger partial charge in [0.15, 0.2) is 0 Å². The molecule has 0 radical (unpaired) electrons. The summed E-state index contributed by atoms with van der Waals surface area (Å²) in [6.45, 7) is 0.830. The Bertz CT molecular complexity index is 379. The zero-order valence-corrected chi connectivity index (χ0v) is 9.29. The van der Waals surface area contributed by atoms with Gasteiger partial charge in [-0.25, -0.2) is 0 Å². The van der Waals surface area contributed by atoms with Crippen molar-refractivity contribution in [1.29, 1.82) is 0 Å². The van der Waals surface area contributed by atoms with Gasteiger partial charge < -0.3 is 10.2 Å². The molecule has 0 aliphatic carbocycles. The minimum atomic E-state index is -4.34. The third kappa shape index (κ3) is 3.97. The number of carbonyl (C=O) groups excluding carboxylic acids is 1. The average molecular weight is 246 g/mol. The van der Waals surface area contributed by atoms with Crippen molar-refractivity contribution in [3.05, 3.63) is 29.8 Å². The predicted octanol–water partition coefficient (Wildman–Crippen LogP) is 1.89. The summed E-state index contributed by atoms with van der Waals surface area (Å²) in [6, 6.07) is 5.07. The van der Waals surface area contributed by atoms with E-state index in [1.54, 1.807) is 18.0 Å². The number of nitrogens with zero attached hydrogens (tertiary/aromatic N) is 1. The van der Waals surface area contributed by atoms with Crippen LogP contribution in [0, 0.1) is 0 Å². The van der Waals surface area contributed by atoms with Crippen molar-refractivity contribution >= 4 is 12.1 Å². The molecule has 0 aromatic heterocycles. The third-order valence-corrected chi connectivity index (χ3v) is 2.29. The fourth-order valence-electron chi connectivity index (χ4n) is 1.34. The van der Waals surface area contributed by atoms with E-state index in [-0.39, 0.29) is 0 Å². The number of nitrogens with one attached hydrogen (secondary N) is 1. The molecule has 0 fully saturated rings. The summed E-state index contributed by atoms with van der Waals surface area (Å²) >= 11 is 0. The van der Waals surface area contributed by atoms with Gasteiger partial charge in [-0.05, 0) is 18.2 Å². The number of carbonyl (C=O) groups is 1. The van der Waals surface area contributed by atoms with Gasteiger partial charge in [-0.3, -0.25) is 4.79 Å². The molecule has 3 nitrogen and oxygen atoms in total. The summed E-state index contributed by atoms with van der Waals surface area (Å²) in [7, 11) is 1.67. The maximum Gasteiger partial charge on any atom is 0.416 e. The first-order chi connectivity index (χ1) is 7.95. The van der Waals surface area contributed by atoms with Gasteiger partial charge in [-0.2, -0.15) is 13.2 Å². The van der Waals surface area contributed by atoms with Crippen LogP contribution in [0.4, 0.5) is 18.9 Å². The van der Waals surface area contributed by atoms with E-state index in [0.29, 0.717) is 25.2 Å². The van der Waals surface area contributed by atoms with Gasteiger partial charge in [-0.15, -0.1) is 0 Å². The predicted molar refractivity (Wildman–Crippen MR) is 58.8 cm³/mol. The Hall–Kier alpha value is -1.72. The SMILES string of the molecule is CN(CCNC=O)c1cccc(C(F)(F)F)c1. The van der Waals surface area contributed by atoms with E-state index in [1.807, 2.05) is 0 Å². The zero-order valence-electron chi connectivity index (χ0n) is 9.29.